The Morgan fingerprint density at radius 3 is 2.31 bits per heavy atom. The summed E-state index contributed by atoms with van der Waals surface area (Å²) in [5.41, 5.74) is -2.34. The van der Waals surface area contributed by atoms with Crippen molar-refractivity contribution in [2.24, 2.45) is 11.8 Å². The Labute approximate surface area is 158 Å². The highest BCUT2D eigenvalue weighted by atomic mass is 16.6. The Hall–Kier alpha value is -0.690. The lowest BCUT2D eigenvalue weighted by Gasteiger charge is -2.41. The van der Waals surface area contributed by atoms with Crippen LogP contribution in [0, 0.1) is 11.8 Å². The van der Waals surface area contributed by atoms with Crippen LogP contribution in [0.25, 0.3) is 0 Å². The molecule has 3 unspecified atom stereocenters. The molecular weight excluding hydrogens is 334 g/mol. The molecule has 0 aromatic carbocycles. The average molecular weight is 374 g/mol. The molecule has 0 aromatic rings. The summed E-state index contributed by atoms with van der Waals surface area (Å²) < 4.78 is 5.45. The smallest absolute Gasteiger partial charge is 0.309 e. The summed E-state index contributed by atoms with van der Waals surface area (Å²) >= 11 is 0. The number of aliphatic hydroxyl groups excluding tert-OH is 1. The fraction of sp³-hybridized carbons (Fsp3) is 0.950. The summed E-state index contributed by atoms with van der Waals surface area (Å²) in [5, 5.41) is 32.2. The standard InChI is InChI=1S/C20H39NO5/c1-13-11-19(5,24)10-8-9-14(2)18(23)26-16(4)20(6,25)17(22)15(3)21(7)12-13/h13-17,22,24-25H,8-12H2,1-7H3/t13-,14?,15?,16-,17+,19-,20?/m0/s1. The predicted octanol–water partition coefficient (Wildman–Crippen LogP) is 1.95. The number of carbonyl (C=O) groups excluding carboxylic acids is 1. The van der Waals surface area contributed by atoms with Crippen molar-refractivity contribution in [2.75, 3.05) is 13.6 Å². The fourth-order valence-corrected chi connectivity index (χ4v) is 3.86. The second-order valence-corrected chi connectivity index (χ2v) is 9.03. The molecular formula is C20H39NO5. The van der Waals surface area contributed by atoms with Gasteiger partial charge in [0.15, 0.2) is 0 Å². The van der Waals surface area contributed by atoms with Crippen LogP contribution < -0.4 is 0 Å². The van der Waals surface area contributed by atoms with Crippen molar-refractivity contribution in [1.29, 1.82) is 0 Å². The van der Waals surface area contributed by atoms with E-state index in [-0.39, 0.29) is 23.8 Å². The number of cyclic esters (lactones) is 1. The summed E-state index contributed by atoms with van der Waals surface area (Å²) in [5.74, 6) is -0.467. The average Bonchev–Trinajstić information content (AvgIpc) is 2.51. The number of likely N-dealkylation sites (N-methyl/N-ethyl adjacent to an activating group) is 1. The zero-order valence-corrected chi connectivity index (χ0v) is 17.5. The van der Waals surface area contributed by atoms with Gasteiger partial charge in [0.1, 0.15) is 17.8 Å². The number of rotatable bonds is 0. The van der Waals surface area contributed by atoms with E-state index in [0.717, 1.165) is 6.42 Å². The fourth-order valence-electron chi connectivity index (χ4n) is 3.86. The molecule has 0 bridgehead atoms. The van der Waals surface area contributed by atoms with Gasteiger partial charge < -0.3 is 25.0 Å². The molecule has 0 aromatic heterocycles. The first kappa shape index (κ1) is 23.3. The Balaban J connectivity index is 3.05. The molecule has 6 nitrogen and oxygen atoms in total. The molecule has 3 N–H and O–H groups in total. The van der Waals surface area contributed by atoms with E-state index in [1.165, 1.54) is 6.92 Å². The Morgan fingerprint density at radius 1 is 1.15 bits per heavy atom. The van der Waals surface area contributed by atoms with Crippen molar-refractivity contribution in [1.82, 2.24) is 4.90 Å². The Kier molecular flexibility index (Phi) is 8.08. The van der Waals surface area contributed by atoms with E-state index in [2.05, 4.69) is 6.92 Å². The van der Waals surface area contributed by atoms with Crippen LogP contribution in [-0.4, -0.2) is 69.2 Å². The Morgan fingerprint density at radius 2 is 1.73 bits per heavy atom. The van der Waals surface area contributed by atoms with Crippen LogP contribution in [-0.2, 0) is 9.53 Å². The second kappa shape index (κ2) is 9.00. The van der Waals surface area contributed by atoms with Gasteiger partial charge in [-0.05, 0) is 66.3 Å². The third-order valence-corrected chi connectivity index (χ3v) is 6.01. The van der Waals surface area contributed by atoms with Gasteiger partial charge in [-0.3, -0.25) is 4.79 Å². The highest BCUT2D eigenvalue weighted by Crippen LogP contribution is 2.28. The molecule has 26 heavy (non-hydrogen) atoms. The molecule has 0 radical (unpaired) electrons. The van der Waals surface area contributed by atoms with E-state index < -0.39 is 23.4 Å². The molecule has 1 aliphatic rings. The van der Waals surface area contributed by atoms with E-state index in [1.54, 1.807) is 13.8 Å². The van der Waals surface area contributed by atoms with Crippen LogP contribution in [0.1, 0.15) is 67.2 Å². The molecule has 1 saturated heterocycles. The van der Waals surface area contributed by atoms with E-state index >= 15 is 0 Å². The van der Waals surface area contributed by atoms with Crippen molar-refractivity contribution in [3.05, 3.63) is 0 Å². The number of esters is 1. The maximum Gasteiger partial charge on any atom is 0.309 e. The normalized spacial score (nSPS) is 45.5. The lowest BCUT2D eigenvalue weighted by molar-refractivity contribution is -0.185. The minimum Gasteiger partial charge on any atom is -0.459 e. The number of hydrogen-bond donors (Lipinski definition) is 3. The van der Waals surface area contributed by atoms with Crippen LogP contribution >= 0.6 is 0 Å². The molecule has 6 heteroatoms. The van der Waals surface area contributed by atoms with Gasteiger partial charge in [0.05, 0.1) is 11.5 Å². The Bertz CT molecular complexity index is 465. The molecule has 0 spiro atoms. The van der Waals surface area contributed by atoms with E-state index in [1.807, 2.05) is 25.8 Å². The molecule has 0 aliphatic carbocycles. The van der Waals surface area contributed by atoms with Crippen LogP contribution in [0.15, 0.2) is 0 Å². The van der Waals surface area contributed by atoms with Crippen LogP contribution in [0.2, 0.25) is 0 Å². The molecule has 0 saturated carbocycles. The van der Waals surface area contributed by atoms with E-state index in [9.17, 15) is 20.1 Å². The molecule has 0 amide bonds. The molecule has 154 valence electrons. The zero-order valence-electron chi connectivity index (χ0n) is 17.5. The minimum absolute atomic E-state index is 0.229. The summed E-state index contributed by atoms with van der Waals surface area (Å²) in [4.78, 5) is 14.3. The van der Waals surface area contributed by atoms with Gasteiger partial charge in [-0.25, -0.2) is 0 Å². The molecule has 1 heterocycles. The topological polar surface area (TPSA) is 90.2 Å². The largest absolute Gasteiger partial charge is 0.459 e. The van der Waals surface area contributed by atoms with Crippen molar-refractivity contribution in [3.63, 3.8) is 0 Å². The summed E-state index contributed by atoms with van der Waals surface area (Å²) in [6.45, 7) is 11.4. The summed E-state index contributed by atoms with van der Waals surface area (Å²) in [6, 6.07) is -0.332. The number of nitrogens with zero attached hydrogens (tertiary/aromatic N) is 1. The van der Waals surface area contributed by atoms with Gasteiger partial charge in [-0.1, -0.05) is 13.8 Å². The second-order valence-electron chi connectivity index (χ2n) is 9.03. The van der Waals surface area contributed by atoms with Crippen molar-refractivity contribution in [3.8, 4) is 0 Å². The molecule has 1 aliphatic heterocycles. The zero-order chi connectivity index (χ0) is 20.3. The summed E-state index contributed by atoms with van der Waals surface area (Å²) in [7, 11) is 1.89. The predicted molar refractivity (Wildman–Crippen MR) is 102 cm³/mol. The first-order valence-corrected chi connectivity index (χ1v) is 9.81. The molecule has 7 atom stereocenters. The third kappa shape index (κ3) is 6.19. The van der Waals surface area contributed by atoms with Crippen LogP contribution in [0.5, 0.6) is 0 Å². The van der Waals surface area contributed by atoms with Gasteiger partial charge in [0, 0.05) is 12.6 Å². The lowest BCUT2D eigenvalue weighted by atomic mass is 9.86. The SMILES string of the molecule is CC1CCC[C@](C)(O)C[C@H](C)CN(C)C(C)[C@@H](O)C(C)(O)[C@H](C)OC1=O. The van der Waals surface area contributed by atoms with Crippen LogP contribution in [0.4, 0.5) is 0 Å². The summed E-state index contributed by atoms with van der Waals surface area (Å²) in [6.07, 6.45) is 0.722. The van der Waals surface area contributed by atoms with E-state index in [4.69, 9.17) is 4.74 Å². The monoisotopic (exact) mass is 373 g/mol. The van der Waals surface area contributed by atoms with E-state index in [0.29, 0.717) is 25.8 Å². The first-order chi connectivity index (χ1) is 11.8. The van der Waals surface area contributed by atoms with Gasteiger partial charge in [0.2, 0.25) is 0 Å². The highest BCUT2D eigenvalue weighted by molar-refractivity contribution is 5.72. The van der Waals surface area contributed by atoms with Crippen LogP contribution in [0.3, 0.4) is 0 Å². The number of aliphatic hydroxyl groups is 3. The number of carbonyl (C=O) groups is 1. The van der Waals surface area contributed by atoms with Gasteiger partial charge in [-0.2, -0.15) is 0 Å². The van der Waals surface area contributed by atoms with Crippen molar-refractivity contribution in [2.45, 2.75) is 96.7 Å². The third-order valence-electron chi connectivity index (χ3n) is 6.01. The van der Waals surface area contributed by atoms with Gasteiger partial charge in [-0.15, -0.1) is 0 Å². The van der Waals surface area contributed by atoms with Crippen molar-refractivity contribution < 1.29 is 24.9 Å². The number of hydrogen-bond acceptors (Lipinski definition) is 6. The highest BCUT2D eigenvalue weighted by Gasteiger charge is 2.43. The molecule has 1 rings (SSSR count). The molecule has 1 fully saturated rings. The van der Waals surface area contributed by atoms with Crippen molar-refractivity contribution >= 4 is 5.97 Å². The minimum atomic E-state index is -1.56. The van der Waals surface area contributed by atoms with Gasteiger partial charge >= 0.3 is 5.97 Å². The maximum absolute atomic E-state index is 12.3. The lowest BCUT2D eigenvalue weighted by Crippen LogP contribution is -2.58. The quantitative estimate of drug-likeness (QED) is 0.562. The number of ether oxygens (including phenoxy) is 1. The first-order valence-electron chi connectivity index (χ1n) is 9.81. The maximum atomic E-state index is 12.3. The van der Waals surface area contributed by atoms with Gasteiger partial charge in [0.25, 0.3) is 0 Å².